The van der Waals surface area contributed by atoms with Gasteiger partial charge in [-0.1, -0.05) is 24.3 Å². The molecular formula is C25H24N4O5. The number of para-hydroxylation sites is 1. The van der Waals surface area contributed by atoms with Gasteiger partial charge in [0.25, 0.3) is 11.6 Å². The van der Waals surface area contributed by atoms with Crippen LogP contribution in [0.25, 0.3) is 0 Å². The van der Waals surface area contributed by atoms with Gasteiger partial charge >= 0.3 is 0 Å². The number of benzene rings is 2. The summed E-state index contributed by atoms with van der Waals surface area (Å²) in [5.74, 6) is -2.51. The lowest BCUT2D eigenvalue weighted by Gasteiger charge is -2.37. The van der Waals surface area contributed by atoms with Crippen LogP contribution < -0.4 is 9.80 Å². The van der Waals surface area contributed by atoms with E-state index in [1.807, 2.05) is 31.2 Å². The van der Waals surface area contributed by atoms with E-state index in [1.165, 1.54) is 12.1 Å². The maximum Gasteiger partial charge on any atom is 0.271 e. The van der Waals surface area contributed by atoms with Crippen molar-refractivity contribution in [2.24, 2.45) is 11.8 Å². The maximum atomic E-state index is 14.1. The number of anilines is 2. The summed E-state index contributed by atoms with van der Waals surface area (Å²) in [5, 5.41) is 11.4. The van der Waals surface area contributed by atoms with E-state index in [1.54, 1.807) is 17.9 Å². The topological polar surface area (TPSA) is 104 Å². The van der Waals surface area contributed by atoms with Crippen LogP contribution in [0.4, 0.5) is 17.1 Å². The number of rotatable bonds is 3. The summed E-state index contributed by atoms with van der Waals surface area (Å²) < 4.78 is 0. The van der Waals surface area contributed by atoms with Crippen LogP contribution in [0.5, 0.6) is 0 Å². The third-order valence-electron chi connectivity index (χ3n) is 8.11. The van der Waals surface area contributed by atoms with E-state index in [0.29, 0.717) is 18.7 Å². The van der Waals surface area contributed by atoms with Gasteiger partial charge in [0.05, 0.1) is 22.4 Å². The van der Waals surface area contributed by atoms with Gasteiger partial charge in [0.15, 0.2) is 0 Å². The number of imide groups is 1. The summed E-state index contributed by atoms with van der Waals surface area (Å²) in [6, 6.07) is 11.5. The van der Waals surface area contributed by atoms with E-state index in [0.717, 1.165) is 29.0 Å². The number of nitro benzene ring substituents is 1. The van der Waals surface area contributed by atoms with Crippen LogP contribution in [0.1, 0.15) is 30.9 Å². The van der Waals surface area contributed by atoms with Gasteiger partial charge in [0.1, 0.15) is 5.54 Å². The molecule has 0 unspecified atom stereocenters. The second-order valence-corrected chi connectivity index (χ2v) is 9.48. The van der Waals surface area contributed by atoms with Gasteiger partial charge in [0.2, 0.25) is 11.8 Å². The van der Waals surface area contributed by atoms with Gasteiger partial charge in [-0.05, 0) is 44.9 Å². The van der Waals surface area contributed by atoms with E-state index in [-0.39, 0.29) is 29.2 Å². The molecule has 34 heavy (non-hydrogen) atoms. The van der Waals surface area contributed by atoms with Crippen LogP contribution in [-0.4, -0.2) is 46.7 Å². The predicted molar refractivity (Wildman–Crippen MR) is 123 cm³/mol. The number of aryl methyl sites for hydroxylation is 1. The first-order valence-corrected chi connectivity index (χ1v) is 11.6. The Kier molecular flexibility index (Phi) is 4.29. The monoisotopic (exact) mass is 460 g/mol. The second kappa shape index (κ2) is 6.96. The third kappa shape index (κ3) is 2.30. The molecule has 4 atom stereocenters. The molecule has 9 heteroatoms. The SMILES string of the molecule is CCN1C(=O)[C@]2(c3ccccc31)[C@@H]1C(=O)N(c3cc([N+](=O)[O-])ccc3C)C(=O)[C@@H]1[C@@H]1CCCN12. The molecule has 174 valence electrons. The van der Waals surface area contributed by atoms with Gasteiger partial charge in [-0.25, -0.2) is 4.90 Å². The van der Waals surface area contributed by atoms with Crippen molar-refractivity contribution in [2.75, 3.05) is 22.9 Å². The number of likely N-dealkylation sites (N-methyl/N-ethyl adjacent to an activating group) is 1. The Morgan fingerprint density at radius 1 is 1.09 bits per heavy atom. The number of carbonyl (C=O) groups excluding carboxylic acids is 3. The normalized spacial score (nSPS) is 29.8. The van der Waals surface area contributed by atoms with Gasteiger partial charge < -0.3 is 4.90 Å². The number of amides is 3. The Hall–Kier alpha value is -3.59. The van der Waals surface area contributed by atoms with Crippen LogP contribution in [0.3, 0.4) is 0 Å². The zero-order valence-corrected chi connectivity index (χ0v) is 18.9. The van der Waals surface area contributed by atoms with E-state index in [9.17, 15) is 24.5 Å². The molecule has 0 bridgehead atoms. The average Bonchev–Trinajstić information content (AvgIpc) is 3.52. The van der Waals surface area contributed by atoms with E-state index < -0.39 is 28.2 Å². The Labute approximate surface area is 196 Å². The molecular weight excluding hydrogens is 436 g/mol. The van der Waals surface area contributed by atoms with E-state index in [4.69, 9.17) is 0 Å². The standard InChI is InChI=1S/C25H24N4O5/c1-3-26-17-8-5-4-7-16(17)25(24(26)32)21-20(18-9-6-12-27(18)25)22(30)28(23(21)31)19-13-15(29(33)34)11-10-14(19)2/h4-5,7-8,10-11,13,18,20-21H,3,6,9,12H2,1-2H3/t18-,20+,21-,25-/m0/s1. The molecule has 0 N–H and O–H groups in total. The van der Waals surface area contributed by atoms with Crippen LogP contribution in [-0.2, 0) is 19.9 Å². The molecule has 0 radical (unpaired) electrons. The summed E-state index contributed by atoms with van der Waals surface area (Å²) in [6.45, 7) is 4.73. The van der Waals surface area contributed by atoms with E-state index >= 15 is 0 Å². The van der Waals surface area contributed by atoms with Gasteiger partial charge in [0, 0.05) is 36.0 Å². The molecule has 6 rings (SSSR count). The summed E-state index contributed by atoms with van der Waals surface area (Å²) >= 11 is 0. The van der Waals surface area contributed by atoms with Gasteiger partial charge in [-0.15, -0.1) is 0 Å². The van der Waals surface area contributed by atoms with Gasteiger partial charge in [-0.3, -0.25) is 29.4 Å². The number of hydrogen-bond acceptors (Lipinski definition) is 6. The van der Waals surface area contributed by atoms with Crippen molar-refractivity contribution in [2.45, 2.75) is 38.3 Å². The molecule has 2 aromatic rings. The van der Waals surface area contributed by atoms with Crippen molar-refractivity contribution in [3.63, 3.8) is 0 Å². The van der Waals surface area contributed by atoms with Crippen molar-refractivity contribution in [3.8, 4) is 0 Å². The highest BCUT2D eigenvalue weighted by Crippen LogP contribution is 2.61. The lowest BCUT2D eigenvalue weighted by molar-refractivity contribution is -0.384. The second-order valence-electron chi connectivity index (χ2n) is 9.48. The van der Waals surface area contributed by atoms with Crippen molar-refractivity contribution in [1.82, 2.24) is 4.90 Å². The molecule has 0 saturated carbocycles. The van der Waals surface area contributed by atoms with Crippen LogP contribution in [0, 0.1) is 28.9 Å². The first kappa shape index (κ1) is 21.0. The summed E-state index contributed by atoms with van der Waals surface area (Å²) in [6.07, 6.45) is 1.57. The minimum atomic E-state index is -1.23. The Morgan fingerprint density at radius 2 is 1.85 bits per heavy atom. The van der Waals surface area contributed by atoms with E-state index in [2.05, 4.69) is 4.90 Å². The summed E-state index contributed by atoms with van der Waals surface area (Å²) in [4.78, 5) is 57.9. The molecule has 4 aliphatic heterocycles. The Bertz CT molecular complexity index is 1290. The fourth-order valence-electron chi connectivity index (χ4n) is 6.84. The lowest BCUT2D eigenvalue weighted by atomic mass is 9.75. The van der Waals surface area contributed by atoms with Crippen LogP contribution >= 0.6 is 0 Å². The first-order chi connectivity index (χ1) is 16.3. The molecule has 0 aromatic heterocycles. The molecule has 4 aliphatic rings. The van der Waals surface area contributed by atoms with Crippen molar-refractivity contribution in [3.05, 3.63) is 63.7 Å². The number of nitrogens with zero attached hydrogens (tertiary/aromatic N) is 4. The average molecular weight is 460 g/mol. The van der Waals surface area contributed by atoms with Gasteiger partial charge in [-0.2, -0.15) is 0 Å². The summed E-state index contributed by atoms with van der Waals surface area (Å²) in [5.41, 5.74) is 0.970. The molecule has 2 aromatic carbocycles. The molecule has 3 amide bonds. The Balaban J connectivity index is 1.56. The highest BCUT2D eigenvalue weighted by Gasteiger charge is 2.75. The quantitative estimate of drug-likeness (QED) is 0.396. The number of carbonyl (C=O) groups is 3. The smallest absolute Gasteiger partial charge is 0.271 e. The predicted octanol–water partition coefficient (Wildman–Crippen LogP) is 2.75. The zero-order valence-electron chi connectivity index (χ0n) is 18.9. The molecule has 3 saturated heterocycles. The number of hydrogen-bond donors (Lipinski definition) is 0. The minimum absolute atomic E-state index is 0.158. The Morgan fingerprint density at radius 3 is 2.59 bits per heavy atom. The highest BCUT2D eigenvalue weighted by molar-refractivity contribution is 6.26. The summed E-state index contributed by atoms with van der Waals surface area (Å²) in [7, 11) is 0. The van der Waals surface area contributed by atoms with Crippen molar-refractivity contribution < 1.29 is 19.3 Å². The van der Waals surface area contributed by atoms with Crippen LogP contribution in [0.15, 0.2) is 42.5 Å². The third-order valence-corrected chi connectivity index (χ3v) is 8.11. The van der Waals surface area contributed by atoms with Crippen LogP contribution in [0.2, 0.25) is 0 Å². The zero-order chi connectivity index (χ0) is 23.9. The fraction of sp³-hybridized carbons (Fsp3) is 0.400. The molecule has 3 fully saturated rings. The fourth-order valence-corrected chi connectivity index (χ4v) is 6.84. The molecule has 4 heterocycles. The highest BCUT2D eigenvalue weighted by atomic mass is 16.6. The number of nitro groups is 1. The molecule has 1 spiro atoms. The van der Waals surface area contributed by atoms with Crippen molar-refractivity contribution >= 4 is 34.8 Å². The largest absolute Gasteiger partial charge is 0.310 e. The maximum absolute atomic E-state index is 14.1. The lowest BCUT2D eigenvalue weighted by Crippen LogP contribution is -2.56. The van der Waals surface area contributed by atoms with Crippen molar-refractivity contribution in [1.29, 1.82) is 0 Å². The minimum Gasteiger partial charge on any atom is -0.310 e. The molecule has 0 aliphatic carbocycles. The number of non-ortho nitro benzene ring substituents is 1. The first-order valence-electron chi connectivity index (χ1n) is 11.6. The number of fused-ring (bicyclic) bond motifs is 7. The molecule has 9 nitrogen and oxygen atoms in total.